The van der Waals surface area contributed by atoms with Crippen molar-refractivity contribution in [2.24, 2.45) is 0 Å². The van der Waals surface area contributed by atoms with Gasteiger partial charge in [0.25, 0.3) is 0 Å². The summed E-state index contributed by atoms with van der Waals surface area (Å²) in [6, 6.07) is 56.3. The highest BCUT2D eigenvalue weighted by Crippen LogP contribution is 2.40. The van der Waals surface area contributed by atoms with Crippen molar-refractivity contribution < 1.29 is 4.42 Å². The fourth-order valence-corrected chi connectivity index (χ4v) is 8.40. The molecule has 0 saturated carbocycles. The van der Waals surface area contributed by atoms with Gasteiger partial charge in [0.1, 0.15) is 16.2 Å². The minimum Gasteiger partial charge on any atom is -0.456 e. The molecular formula is C46H27N5OS. The standard InChI is InChI=1S/C46H27N5OS/c1-2-11-28(12-3-1)29-21-23-30(24-22-29)43-48-44(50-46(49-43)51-37-17-7-4-13-32(37)33-14-5-8-18-38(33)51)35-15-10-19-39-42(35)34-26-25-31(27-40(34)52-39)45-47-36-16-6-9-20-41(36)53-45/h1-27H. The van der Waals surface area contributed by atoms with Crippen LogP contribution in [0.15, 0.2) is 168 Å². The van der Waals surface area contributed by atoms with Crippen molar-refractivity contribution in [3.63, 3.8) is 0 Å². The number of benzene rings is 7. The summed E-state index contributed by atoms with van der Waals surface area (Å²) in [5.41, 5.74) is 9.71. The Labute approximate surface area is 307 Å². The van der Waals surface area contributed by atoms with Crippen LogP contribution in [0.4, 0.5) is 0 Å². The average molecular weight is 698 g/mol. The number of fused-ring (bicyclic) bond motifs is 7. The number of thiazole rings is 1. The van der Waals surface area contributed by atoms with Crippen LogP contribution in [0, 0.1) is 0 Å². The Hall–Kier alpha value is -6.96. The van der Waals surface area contributed by atoms with Crippen molar-refractivity contribution in [3.05, 3.63) is 164 Å². The normalized spacial score (nSPS) is 11.8. The molecular weight excluding hydrogens is 671 g/mol. The predicted molar refractivity (Wildman–Crippen MR) is 216 cm³/mol. The zero-order valence-electron chi connectivity index (χ0n) is 28.1. The maximum Gasteiger partial charge on any atom is 0.238 e. The first kappa shape index (κ1) is 29.7. The molecule has 0 saturated heterocycles. The van der Waals surface area contributed by atoms with Crippen LogP contribution in [0.1, 0.15) is 0 Å². The molecule has 0 aliphatic heterocycles. The van der Waals surface area contributed by atoms with Gasteiger partial charge in [0.15, 0.2) is 11.6 Å². The minimum atomic E-state index is 0.553. The van der Waals surface area contributed by atoms with Gasteiger partial charge in [0.2, 0.25) is 5.95 Å². The maximum atomic E-state index is 6.54. The first-order chi connectivity index (χ1) is 26.2. The lowest BCUT2D eigenvalue weighted by Crippen LogP contribution is -2.06. The van der Waals surface area contributed by atoms with E-state index in [1.165, 1.54) is 0 Å². The first-order valence-electron chi connectivity index (χ1n) is 17.5. The fourth-order valence-electron chi connectivity index (χ4n) is 7.44. The van der Waals surface area contributed by atoms with Crippen molar-refractivity contribution >= 4 is 65.3 Å². The molecule has 0 unspecified atom stereocenters. The zero-order valence-corrected chi connectivity index (χ0v) is 29.0. The number of aromatic nitrogens is 5. The van der Waals surface area contributed by atoms with Gasteiger partial charge in [-0.15, -0.1) is 11.3 Å². The number of nitrogens with zero attached hydrogens (tertiary/aromatic N) is 5. The Kier molecular flexibility index (Phi) is 6.62. The Bertz CT molecular complexity index is 3090. The van der Waals surface area contributed by atoms with Gasteiger partial charge < -0.3 is 4.42 Å². The van der Waals surface area contributed by atoms with E-state index in [1.807, 2.05) is 30.3 Å². The largest absolute Gasteiger partial charge is 0.456 e. The number of para-hydroxylation sites is 3. The second-order valence-electron chi connectivity index (χ2n) is 13.1. The third-order valence-electron chi connectivity index (χ3n) is 9.93. The lowest BCUT2D eigenvalue weighted by atomic mass is 10.0. The van der Waals surface area contributed by atoms with E-state index >= 15 is 0 Å². The van der Waals surface area contributed by atoms with Gasteiger partial charge in [0, 0.05) is 38.2 Å². The summed E-state index contributed by atoms with van der Waals surface area (Å²) in [7, 11) is 0. The van der Waals surface area contributed by atoms with E-state index in [1.54, 1.807) is 11.3 Å². The molecule has 0 radical (unpaired) electrons. The molecule has 7 heteroatoms. The van der Waals surface area contributed by atoms with E-state index < -0.39 is 0 Å². The molecule has 53 heavy (non-hydrogen) atoms. The Balaban J connectivity index is 1.12. The second-order valence-corrected chi connectivity index (χ2v) is 14.1. The monoisotopic (exact) mass is 697 g/mol. The Morgan fingerprint density at radius 2 is 1.11 bits per heavy atom. The molecule has 248 valence electrons. The SMILES string of the molecule is c1ccc(-c2ccc(-c3nc(-c4cccc5oc6cc(-c7nc8ccccc8s7)ccc6c45)nc(-n4c5ccccc5c5ccccc54)n3)cc2)cc1. The van der Waals surface area contributed by atoms with Crippen LogP contribution in [0.3, 0.4) is 0 Å². The van der Waals surface area contributed by atoms with Gasteiger partial charge in [-0.05, 0) is 53.6 Å². The van der Waals surface area contributed by atoms with Crippen molar-refractivity contribution in [3.8, 4) is 50.4 Å². The van der Waals surface area contributed by atoms with Gasteiger partial charge in [-0.3, -0.25) is 4.57 Å². The molecule has 0 N–H and O–H groups in total. The van der Waals surface area contributed by atoms with Crippen molar-refractivity contribution in [2.75, 3.05) is 0 Å². The topological polar surface area (TPSA) is 69.6 Å². The molecule has 0 aliphatic carbocycles. The van der Waals surface area contributed by atoms with Gasteiger partial charge >= 0.3 is 0 Å². The Morgan fingerprint density at radius 3 is 1.91 bits per heavy atom. The number of hydrogen-bond acceptors (Lipinski definition) is 6. The molecule has 4 heterocycles. The number of furan rings is 1. The van der Waals surface area contributed by atoms with Gasteiger partial charge in [0.05, 0.1) is 21.3 Å². The van der Waals surface area contributed by atoms with Gasteiger partial charge in [-0.1, -0.05) is 121 Å². The van der Waals surface area contributed by atoms with Crippen LogP contribution in [0.5, 0.6) is 0 Å². The van der Waals surface area contributed by atoms with E-state index in [-0.39, 0.29) is 0 Å². The second kappa shape index (κ2) is 11.8. The minimum absolute atomic E-state index is 0.553. The summed E-state index contributed by atoms with van der Waals surface area (Å²) < 4.78 is 9.85. The molecule has 4 aromatic heterocycles. The maximum absolute atomic E-state index is 6.54. The van der Waals surface area contributed by atoms with E-state index in [2.05, 4.69) is 138 Å². The lowest BCUT2D eigenvalue weighted by Gasteiger charge is -2.12. The summed E-state index contributed by atoms with van der Waals surface area (Å²) in [5.74, 6) is 1.72. The van der Waals surface area contributed by atoms with Crippen LogP contribution < -0.4 is 0 Å². The lowest BCUT2D eigenvalue weighted by molar-refractivity contribution is 0.669. The molecule has 11 aromatic rings. The molecule has 7 aromatic carbocycles. The summed E-state index contributed by atoms with van der Waals surface area (Å²) >= 11 is 1.68. The van der Waals surface area contributed by atoms with E-state index in [9.17, 15) is 0 Å². The average Bonchev–Trinajstić information content (AvgIpc) is 3.93. The fraction of sp³-hybridized carbons (Fsp3) is 0. The van der Waals surface area contributed by atoms with Crippen LogP contribution in [0.25, 0.3) is 104 Å². The van der Waals surface area contributed by atoms with Crippen LogP contribution in [-0.2, 0) is 0 Å². The molecule has 6 nitrogen and oxygen atoms in total. The van der Waals surface area contributed by atoms with Crippen molar-refractivity contribution in [1.29, 1.82) is 0 Å². The van der Waals surface area contributed by atoms with Gasteiger partial charge in [-0.2, -0.15) is 9.97 Å². The third kappa shape index (κ3) is 4.86. The number of rotatable bonds is 5. The quantitative estimate of drug-likeness (QED) is 0.179. The predicted octanol–water partition coefficient (Wildman–Crippen LogP) is 12.1. The highest BCUT2D eigenvalue weighted by atomic mass is 32.1. The smallest absolute Gasteiger partial charge is 0.238 e. The first-order valence-corrected chi connectivity index (χ1v) is 18.3. The summed E-state index contributed by atoms with van der Waals surface area (Å²) in [6.45, 7) is 0. The molecule has 0 fully saturated rings. The van der Waals surface area contributed by atoms with Crippen LogP contribution in [0.2, 0.25) is 0 Å². The zero-order chi connectivity index (χ0) is 34.9. The molecule has 0 amide bonds. The van der Waals surface area contributed by atoms with E-state index in [0.29, 0.717) is 17.6 Å². The third-order valence-corrected chi connectivity index (χ3v) is 11.0. The van der Waals surface area contributed by atoms with Crippen molar-refractivity contribution in [2.45, 2.75) is 0 Å². The molecule has 0 atom stereocenters. The highest BCUT2D eigenvalue weighted by molar-refractivity contribution is 7.21. The summed E-state index contributed by atoms with van der Waals surface area (Å²) in [5, 5.41) is 5.21. The molecule has 11 rings (SSSR count). The van der Waals surface area contributed by atoms with Gasteiger partial charge in [-0.25, -0.2) is 9.97 Å². The number of hydrogen-bond donors (Lipinski definition) is 0. The van der Waals surface area contributed by atoms with Crippen LogP contribution >= 0.6 is 11.3 Å². The van der Waals surface area contributed by atoms with Crippen molar-refractivity contribution in [1.82, 2.24) is 24.5 Å². The van der Waals surface area contributed by atoms with E-state index in [4.69, 9.17) is 24.4 Å². The Morgan fingerprint density at radius 1 is 0.453 bits per heavy atom. The summed E-state index contributed by atoms with van der Waals surface area (Å²) in [4.78, 5) is 20.5. The summed E-state index contributed by atoms with van der Waals surface area (Å²) in [6.07, 6.45) is 0. The molecule has 0 spiro atoms. The van der Waals surface area contributed by atoms with Crippen LogP contribution in [-0.4, -0.2) is 24.5 Å². The molecule has 0 aliphatic rings. The highest BCUT2D eigenvalue weighted by Gasteiger charge is 2.21. The van der Waals surface area contributed by atoms with E-state index in [0.717, 1.165) is 86.8 Å². The molecule has 0 bridgehead atoms.